The molecule has 138 valence electrons. The number of rotatable bonds is 5. The zero-order valence-corrected chi connectivity index (χ0v) is 16.0. The van der Waals surface area contributed by atoms with Crippen molar-refractivity contribution >= 4 is 0 Å². The highest BCUT2D eigenvalue weighted by atomic mass is 16.5. The van der Waals surface area contributed by atoms with E-state index in [2.05, 4.69) is 66.4 Å². The molecule has 1 fully saturated rings. The average molecular weight is 350 g/mol. The van der Waals surface area contributed by atoms with Crippen LogP contribution in [0.2, 0.25) is 0 Å². The maximum Gasteiger partial charge on any atom is 0.119 e. The zero-order valence-electron chi connectivity index (χ0n) is 16.0. The summed E-state index contributed by atoms with van der Waals surface area (Å²) in [4.78, 5) is 2.64. The second-order valence-electron chi connectivity index (χ2n) is 8.23. The summed E-state index contributed by atoms with van der Waals surface area (Å²) in [7, 11) is 0. The number of piperidine rings is 1. The molecule has 2 aliphatic rings. The van der Waals surface area contributed by atoms with Gasteiger partial charge >= 0.3 is 0 Å². The Morgan fingerprint density at radius 2 is 1.77 bits per heavy atom. The molecule has 1 aliphatic carbocycles. The summed E-state index contributed by atoms with van der Waals surface area (Å²) in [6, 6.07) is 19.6. The SMILES string of the molecule is CC1(OCc2ccccc2)CCCCN1CC1CCc2ccccc2C1. The maximum atomic E-state index is 6.51. The van der Waals surface area contributed by atoms with Crippen LogP contribution in [-0.2, 0) is 24.2 Å². The van der Waals surface area contributed by atoms with E-state index in [0.29, 0.717) is 6.61 Å². The summed E-state index contributed by atoms with van der Waals surface area (Å²) >= 11 is 0. The van der Waals surface area contributed by atoms with Gasteiger partial charge in [-0.3, -0.25) is 4.90 Å². The van der Waals surface area contributed by atoms with Crippen LogP contribution in [-0.4, -0.2) is 23.7 Å². The molecule has 2 atom stereocenters. The quantitative estimate of drug-likeness (QED) is 0.734. The van der Waals surface area contributed by atoms with Gasteiger partial charge in [0.15, 0.2) is 0 Å². The molecule has 2 nitrogen and oxygen atoms in total. The van der Waals surface area contributed by atoms with Gasteiger partial charge in [-0.15, -0.1) is 0 Å². The van der Waals surface area contributed by atoms with E-state index in [-0.39, 0.29) is 5.72 Å². The summed E-state index contributed by atoms with van der Waals surface area (Å²) in [5.41, 5.74) is 4.27. The van der Waals surface area contributed by atoms with Crippen LogP contribution in [0.1, 0.15) is 49.3 Å². The third-order valence-electron chi connectivity index (χ3n) is 6.31. The third-order valence-corrected chi connectivity index (χ3v) is 6.31. The van der Waals surface area contributed by atoms with Crippen LogP contribution in [0.15, 0.2) is 54.6 Å². The van der Waals surface area contributed by atoms with Crippen LogP contribution in [0.4, 0.5) is 0 Å². The Morgan fingerprint density at radius 1 is 1.00 bits per heavy atom. The molecule has 0 amide bonds. The highest BCUT2D eigenvalue weighted by Gasteiger charge is 2.36. The molecule has 2 aromatic carbocycles. The molecular weight excluding hydrogens is 318 g/mol. The van der Waals surface area contributed by atoms with Gasteiger partial charge in [0, 0.05) is 13.1 Å². The van der Waals surface area contributed by atoms with Crippen molar-refractivity contribution in [2.45, 2.75) is 57.8 Å². The van der Waals surface area contributed by atoms with Crippen molar-refractivity contribution in [2.24, 2.45) is 5.92 Å². The molecule has 26 heavy (non-hydrogen) atoms. The van der Waals surface area contributed by atoms with Crippen molar-refractivity contribution in [1.82, 2.24) is 4.90 Å². The maximum absolute atomic E-state index is 6.51. The molecule has 2 unspecified atom stereocenters. The molecule has 0 saturated carbocycles. The van der Waals surface area contributed by atoms with Crippen molar-refractivity contribution in [3.8, 4) is 0 Å². The first-order valence-corrected chi connectivity index (χ1v) is 10.2. The summed E-state index contributed by atoms with van der Waals surface area (Å²) in [6.45, 7) is 5.36. The number of ether oxygens (including phenoxy) is 1. The Morgan fingerprint density at radius 3 is 2.62 bits per heavy atom. The first-order valence-electron chi connectivity index (χ1n) is 10.2. The molecule has 0 spiro atoms. The van der Waals surface area contributed by atoms with Gasteiger partial charge in [-0.05, 0) is 68.1 Å². The van der Waals surface area contributed by atoms with E-state index in [9.17, 15) is 0 Å². The van der Waals surface area contributed by atoms with Crippen molar-refractivity contribution < 1.29 is 4.74 Å². The Bertz CT molecular complexity index is 713. The van der Waals surface area contributed by atoms with Gasteiger partial charge in [0.25, 0.3) is 0 Å². The van der Waals surface area contributed by atoms with Gasteiger partial charge < -0.3 is 4.74 Å². The lowest BCUT2D eigenvalue weighted by Gasteiger charge is -2.46. The fraction of sp³-hybridized carbons (Fsp3) is 0.500. The predicted molar refractivity (Wildman–Crippen MR) is 107 cm³/mol. The van der Waals surface area contributed by atoms with Crippen LogP contribution in [0.5, 0.6) is 0 Å². The van der Waals surface area contributed by atoms with Gasteiger partial charge in [0.05, 0.1) is 6.61 Å². The normalized spacial score (nSPS) is 26.4. The van der Waals surface area contributed by atoms with Crippen LogP contribution in [0, 0.1) is 5.92 Å². The molecule has 0 bridgehead atoms. The fourth-order valence-corrected chi connectivity index (χ4v) is 4.65. The van der Waals surface area contributed by atoms with E-state index in [4.69, 9.17) is 4.74 Å². The van der Waals surface area contributed by atoms with E-state index in [1.54, 1.807) is 11.1 Å². The zero-order chi connectivity index (χ0) is 17.8. The second-order valence-corrected chi connectivity index (χ2v) is 8.23. The van der Waals surface area contributed by atoms with Crippen LogP contribution in [0.25, 0.3) is 0 Å². The number of likely N-dealkylation sites (tertiary alicyclic amines) is 1. The molecule has 2 aromatic rings. The molecule has 1 heterocycles. The highest BCUT2D eigenvalue weighted by Crippen LogP contribution is 2.33. The van der Waals surface area contributed by atoms with Crippen molar-refractivity contribution in [3.05, 3.63) is 71.3 Å². The van der Waals surface area contributed by atoms with Gasteiger partial charge in [0.1, 0.15) is 5.72 Å². The van der Waals surface area contributed by atoms with E-state index in [1.807, 2.05) is 0 Å². The van der Waals surface area contributed by atoms with E-state index < -0.39 is 0 Å². The van der Waals surface area contributed by atoms with Crippen molar-refractivity contribution in [1.29, 1.82) is 0 Å². The number of fused-ring (bicyclic) bond motifs is 1. The number of benzene rings is 2. The third kappa shape index (κ3) is 4.02. The highest BCUT2D eigenvalue weighted by molar-refractivity contribution is 5.29. The lowest BCUT2D eigenvalue weighted by Crippen LogP contribution is -2.53. The molecule has 1 saturated heterocycles. The van der Waals surface area contributed by atoms with Crippen LogP contribution in [0.3, 0.4) is 0 Å². The Kier molecular flexibility index (Phi) is 5.42. The lowest BCUT2D eigenvalue weighted by atomic mass is 9.83. The first kappa shape index (κ1) is 17.8. The van der Waals surface area contributed by atoms with Crippen LogP contribution >= 0.6 is 0 Å². The predicted octanol–water partition coefficient (Wildman–Crippen LogP) is 5.21. The Hall–Kier alpha value is -1.64. The van der Waals surface area contributed by atoms with Gasteiger partial charge in [0.2, 0.25) is 0 Å². The fourth-order valence-electron chi connectivity index (χ4n) is 4.65. The van der Waals surface area contributed by atoms with E-state index in [0.717, 1.165) is 12.3 Å². The molecule has 2 heteroatoms. The molecule has 0 aromatic heterocycles. The monoisotopic (exact) mass is 349 g/mol. The molecule has 0 radical (unpaired) electrons. The largest absolute Gasteiger partial charge is 0.356 e. The van der Waals surface area contributed by atoms with Crippen LogP contribution < -0.4 is 0 Å². The topological polar surface area (TPSA) is 12.5 Å². The number of nitrogens with zero attached hydrogens (tertiary/aromatic N) is 1. The first-order chi connectivity index (χ1) is 12.7. The molecule has 1 aliphatic heterocycles. The summed E-state index contributed by atoms with van der Waals surface area (Å²) in [5.74, 6) is 0.752. The van der Waals surface area contributed by atoms with Crippen molar-refractivity contribution in [3.63, 3.8) is 0 Å². The smallest absolute Gasteiger partial charge is 0.119 e. The minimum Gasteiger partial charge on any atom is -0.356 e. The van der Waals surface area contributed by atoms with Gasteiger partial charge in [-0.1, -0.05) is 54.6 Å². The molecular formula is C24H31NO. The average Bonchev–Trinajstić information content (AvgIpc) is 2.69. The van der Waals surface area contributed by atoms with Gasteiger partial charge in [-0.2, -0.15) is 0 Å². The minimum absolute atomic E-state index is 0.120. The number of hydrogen-bond donors (Lipinski definition) is 0. The van der Waals surface area contributed by atoms with Gasteiger partial charge in [-0.25, -0.2) is 0 Å². The summed E-state index contributed by atoms with van der Waals surface area (Å²) in [6.07, 6.45) is 7.48. The van der Waals surface area contributed by atoms with Crippen molar-refractivity contribution in [2.75, 3.05) is 13.1 Å². The standard InChI is InChI=1S/C24H31NO/c1-24(26-19-20-9-3-2-4-10-20)15-7-8-16-25(24)18-21-13-14-22-11-5-6-12-23(22)17-21/h2-6,9-12,21H,7-8,13-19H2,1H3. The molecule has 0 N–H and O–H groups in total. The summed E-state index contributed by atoms with van der Waals surface area (Å²) in [5, 5.41) is 0. The van der Waals surface area contributed by atoms with E-state index in [1.165, 1.54) is 50.8 Å². The Labute approximate surface area is 158 Å². The number of hydrogen-bond acceptors (Lipinski definition) is 2. The lowest BCUT2D eigenvalue weighted by molar-refractivity contribution is -0.175. The minimum atomic E-state index is -0.120. The summed E-state index contributed by atoms with van der Waals surface area (Å²) < 4.78 is 6.51. The van der Waals surface area contributed by atoms with E-state index >= 15 is 0 Å². The second kappa shape index (κ2) is 7.94. The Balaban J connectivity index is 1.41. The number of aryl methyl sites for hydroxylation is 1. The molecule has 4 rings (SSSR count).